The molecule has 2 nitrogen and oxygen atoms in total. The van der Waals surface area contributed by atoms with Crippen molar-refractivity contribution in [3.05, 3.63) is 12.2 Å². The lowest BCUT2D eigenvalue weighted by Crippen LogP contribution is -2.39. The first-order chi connectivity index (χ1) is 6.48. The molecule has 1 aliphatic rings. The van der Waals surface area contributed by atoms with Crippen LogP contribution in [0.5, 0.6) is 0 Å². The van der Waals surface area contributed by atoms with Gasteiger partial charge in [-0.1, -0.05) is 33.3 Å². The molecule has 1 fully saturated rings. The Labute approximate surface area is 87.0 Å². The average Bonchev–Trinajstić information content (AvgIpc) is 2.53. The summed E-state index contributed by atoms with van der Waals surface area (Å²) in [5.41, 5.74) is 0.579. The van der Waals surface area contributed by atoms with Crippen LogP contribution in [0.2, 0.25) is 0 Å². The fraction of sp³-hybridized carbons (Fsp3) is 0.833. The zero-order valence-electron chi connectivity index (χ0n) is 9.55. The van der Waals surface area contributed by atoms with Crippen LogP contribution in [0.3, 0.4) is 0 Å². The lowest BCUT2D eigenvalue weighted by atomic mass is 9.88. The standard InChI is InChI=1S/C12H22O2/c1-9(2)11(13)14-12(10(3)4)7-5-6-8-12/h10-11,13H,1,5-8H2,2-4H3. The third-order valence-corrected chi connectivity index (χ3v) is 3.27. The minimum atomic E-state index is -0.796. The van der Waals surface area contributed by atoms with Crippen LogP contribution < -0.4 is 0 Å². The van der Waals surface area contributed by atoms with Crippen molar-refractivity contribution in [1.82, 2.24) is 0 Å². The quantitative estimate of drug-likeness (QED) is 0.556. The Morgan fingerprint density at radius 3 is 2.21 bits per heavy atom. The number of hydrogen-bond donors (Lipinski definition) is 1. The highest BCUT2D eigenvalue weighted by Gasteiger charge is 2.39. The van der Waals surface area contributed by atoms with Gasteiger partial charge in [0.25, 0.3) is 0 Å². The summed E-state index contributed by atoms with van der Waals surface area (Å²) in [5.74, 6) is 0.457. The van der Waals surface area contributed by atoms with E-state index in [0.717, 1.165) is 12.8 Å². The molecule has 1 rings (SSSR count). The normalized spacial score (nSPS) is 22.6. The van der Waals surface area contributed by atoms with Crippen molar-refractivity contribution in [2.75, 3.05) is 0 Å². The van der Waals surface area contributed by atoms with Gasteiger partial charge in [-0.3, -0.25) is 0 Å². The number of ether oxygens (including phenoxy) is 1. The van der Waals surface area contributed by atoms with Crippen LogP contribution in [-0.4, -0.2) is 17.0 Å². The first-order valence-corrected chi connectivity index (χ1v) is 5.49. The first kappa shape index (κ1) is 11.7. The minimum absolute atomic E-state index is 0.113. The number of rotatable bonds is 4. The van der Waals surface area contributed by atoms with Gasteiger partial charge in [0, 0.05) is 0 Å². The van der Waals surface area contributed by atoms with Crippen LogP contribution in [0.4, 0.5) is 0 Å². The van der Waals surface area contributed by atoms with E-state index >= 15 is 0 Å². The molecule has 0 spiro atoms. The summed E-state index contributed by atoms with van der Waals surface area (Å²) in [7, 11) is 0. The van der Waals surface area contributed by atoms with E-state index in [9.17, 15) is 5.11 Å². The molecule has 0 aromatic rings. The van der Waals surface area contributed by atoms with Crippen LogP contribution in [-0.2, 0) is 4.74 Å². The fourth-order valence-corrected chi connectivity index (χ4v) is 2.13. The summed E-state index contributed by atoms with van der Waals surface area (Å²) in [6.45, 7) is 9.84. The molecule has 1 saturated carbocycles. The van der Waals surface area contributed by atoms with Gasteiger partial charge >= 0.3 is 0 Å². The van der Waals surface area contributed by atoms with Crippen molar-refractivity contribution in [1.29, 1.82) is 0 Å². The number of hydrogen-bond acceptors (Lipinski definition) is 2. The highest BCUT2D eigenvalue weighted by Crippen LogP contribution is 2.40. The van der Waals surface area contributed by atoms with Gasteiger partial charge in [-0.2, -0.15) is 0 Å². The summed E-state index contributed by atoms with van der Waals surface area (Å²) in [5, 5.41) is 9.68. The van der Waals surface area contributed by atoms with E-state index in [1.807, 2.05) is 0 Å². The Morgan fingerprint density at radius 2 is 1.86 bits per heavy atom. The number of aliphatic hydroxyl groups is 1. The van der Waals surface area contributed by atoms with Crippen molar-refractivity contribution in [3.63, 3.8) is 0 Å². The lowest BCUT2D eigenvalue weighted by molar-refractivity contribution is -0.181. The van der Waals surface area contributed by atoms with Gasteiger partial charge in [-0.25, -0.2) is 0 Å². The summed E-state index contributed by atoms with van der Waals surface area (Å²) in [6, 6.07) is 0. The molecule has 82 valence electrons. The molecule has 2 heteroatoms. The maximum absolute atomic E-state index is 9.68. The van der Waals surface area contributed by atoms with Gasteiger partial charge in [0.1, 0.15) is 0 Å². The topological polar surface area (TPSA) is 29.5 Å². The van der Waals surface area contributed by atoms with Gasteiger partial charge in [0.15, 0.2) is 6.29 Å². The smallest absolute Gasteiger partial charge is 0.177 e. The van der Waals surface area contributed by atoms with Gasteiger partial charge in [0.05, 0.1) is 5.60 Å². The summed E-state index contributed by atoms with van der Waals surface area (Å²) < 4.78 is 5.78. The molecule has 0 heterocycles. The summed E-state index contributed by atoms with van der Waals surface area (Å²) in [6.07, 6.45) is 3.75. The Kier molecular flexibility index (Phi) is 3.73. The Balaban J connectivity index is 2.65. The molecule has 0 aromatic carbocycles. The maximum atomic E-state index is 9.68. The molecule has 1 unspecified atom stereocenters. The molecular formula is C12H22O2. The van der Waals surface area contributed by atoms with E-state index in [4.69, 9.17) is 4.74 Å². The number of aliphatic hydroxyl groups excluding tert-OH is 1. The monoisotopic (exact) mass is 198 g/mol. The third-order valence-electron chi connectivity index (χ3n) is 3.27. The summed E-state index contributed by atoms with van der Waals surface area (Å²) in [4.78, 5) is 0. The van der Waals surface area contributed by atoms with Crippen molar-refractivity contribution >= 4 is 0 Å². The predicted octanol–water partition coefficient (Wildman–Crippen LogP) is 2.87. The van der Waals surface area contributed by atoms with E-state index in [2.05, 4.69) is 20.4 Å². The third kappa shape index (κ3) is 2.37. The highest BCUT2D eigenvalue weighted by molar-refractivity contribution is 4.96. The van der Waals surface area contributed by atoms with Crippen LogP contribution in [0.1, 0.15) is 46.5 Å². The summed E-state index contributed by atoms with van der Waals surface area (Å²) >= 11 is 0. The molecule has 1 atom stereocenters. The van der Waals surface area contributed by atoms with Gasteiger partial charge in [0.2, 0.25) is 0 Å². The van der Waals surface area contributed by atoms with Crippen LogP contribution in [0.25, 0.3) is 0 Å². The second-order valence-corrected chi connectivity index (χ2v) is 4.74. The van der Waals surface area contributed by atoms with Crippen LogP contribution >= 0.6 is 0 Å². The Bertz CT molecular complexity index is 202. The van der Waals surface area contributed by atoms with E-state index in [1.165, 1.54) is 12.8 Å². The van der Waals surface area contributed by atoms with E-state index in [1.54, 1.807) is 6.92 Å². The molecule has 0 bridgehead atoms. The van der Waals surface area contributed by atoms with Crippen molar-refractivity contribution in [3.8, 4) is 0 Å². The molecule has 14 heavy (non-hydrogen) atoms. The SMILES string of the molecule is C=C(C)C(O)OC1(C(C)C)CCCC1. The molecule has 0 aromatic heterocycles. The van der Waals surface area contributed by atoms with Crippen LogP contribution in [0.15, 0.2) is 12.2 Å². The van der Waals surface area contributed by atoms with Crippen molar-refractivity contribution in [2.24, 2.45) is 5.92 Å². The zero-order valence-corrected chi connectivity index (χ0v) is 9.55. The van der Waals surface area contributed by atoms with Crippen LogP contribution in [0, 0.1) is 5.92 Å². The predicted molar refractivity (Wildman–Crippen MR) is 57.9 cm³/mol. The molecule has 0 amide bonds. The van der Waals surface area contributed by atoms with E-state index < -0.39 is 6.29 Å². The fourth-order valence-electron chi connectivity index (χ4n) is 2.13. The molecule has 1 N–H and O–H groups in total. The molecule has 0 saturated heterocycles. The first-order valence-electron chi connectivity index (χ1n) is 5.49. The lowest BCUT2D eigenvalue weighted by Gasteiger charge is -2.35. The van der Waals surface area contributed by atoms with Gasteiger partial charge in [-0.05, 0) is 31.3 Å². The average molecular weight is 198 g/mol. The highest BCUT2D eigenvalue weighted by atomic mass is 16.6. The largest absolute Gasteiger partial charge is 0.364 e. The zero-order chi connectivity index (χ0) is 10.8. The van der Waals surface area contributed by atoms with Gasteiger partial charge in [-0.15, -0.1) is 0 Å². The van der Waals surface area contributed by atoms with Gasteiger partial charge < -0.3 is 9.84 Å². The molecule has 1 aliphatic carbocycles. The molecular weight excluding hydrogens is 176 g/mol. The van der Waals surface area contributed by atoms with Crippen molar-refractivity contribution < 1.29 is 9.84 Å². The van der Waals surface area contributed by atoms with Crippen molar-refractivity contribution in [2.45, 2.75) is 58.3 Å². The molecule has 0 radical (unpaired) electrons. The minimum Gasteiger partial charge on any atom is -0.364 e. The Morgan fingerprint density at radius 1 is 1.36 bits per heavy atom. The molecule has 0 aliphatic heterocycles. The van der Waals surface area contributed by atoms with E-state index in [-0.39, 0.29) is 5.60 Å². The van der Waals surface area contributed by atoms with E-state index in [0.29, 0.717) is 11.5 Å². The second-order valence-electron chi connectivity index (χ2n) is 4.74. The Hall–Kier alpha value is -0.340. The second kappa shape index (κ2) is 4.45. The maximum Gasteiger partial charge on any atom is 0.177 e.